The summed E-state index contributed by atoms with van der Waals surface area (Å²) < 4.78 is 10.5. The van der Waals surface area contributed by atoms with Crippen molar-refractivity contribution in [2.45, 2.75) is 148 Å². The minimum absolute atomic E-state index is 0.100. The number of esters is 2. The van der Waals surface area contributed by atoms with E-state index >= 15 is 0 Å². The average Bonchev–Trinajstić information content (AvgIpc) is 2.99. The van der Waals surface area contributed by atoms with Gasteiger partial charge < -0.3 is 14.6 Å². The van der Waals surface area contributed by atoms with Gasteiger partial charge in [0.25, 0.3) is 0 Å². The maximum atomic E-state index is 12.1. The maximum Gasteiger partial charge on any atom is 0.306 e. The second-order valence-electron chi connectivity index (χ2n) is 10.9. The minimum atomic E-state index is -0.797. The van der Waals surface area contributed by atoms with Crippen molar-refractivity contribution in [3.8, 4) is 0 Å². The fourth-order valence-corrected chi connectivity index (χ4v) is 4.17. The first kappa shape index (κ1) is 39.6. The van der Waals surface area contributed by atoms with Gasteiger partial charge in [0.1, 0.15) is 6.61 Å². The Morgan fingerprint density at radius 3 is 1.60 bits per heavy atom. The number of allylic oxidation sites excluding steroid dienone is 10. The van der Waals surface area contributed by atoms with Crippen molar-refractivity contribution in [3.05, 3.63) is 60.8 Å². The number of unbranched alkanes of at least 4 members (excludes halogenated alkanes) is 11. The lowest BCUT2D eigenvalue weighted by Crippen LogP contribution is -2.28. The normalized spacial score (nSPS) is 12.9. The Labute approximate surface area is 258 Å². The molecular weight excluding hydrogens is 524 g/mol. The summed E-state index contributed by atoms with van der Waals surface area (Å²) in [6, 6.07) is 0. The van der Waals surface area contributed by atoms with Crippen LogP contribution < -0.4 is 0 Å². The fraction of sp³-hybridized carbons (Fsp3) is 0.676. The number of carbonyl (C=O) groups is 2. The number of ether oxygens (including phenoxy) is 2. The molecule has 1 atom stereocenters. The molecule has 0 amide bonds. The summed E-state index contributed by atoms with van der Waals surface area (Å²) in [4.78, 5) is 24.1. The molecule has 0 bridgehead atoms. The van der Waals surface area contributed by atoms with Crippen molar-refractivity contribution in [3.63, 3.8) is 0 Å². The molecule has 0 aromatic rings. The first-order valence-electron chi connectivity index (χ1n) is 16.8. The summed E-state index contributed by atoms with van der Waals surface area (Å²) >= 11 is 0. The molecule has 0 saturated heterocycles. The van der Waals surface area contributed by atoms with E-state index in [0.717, 1.165) is 51.4 Å². The molecule has 240 valence electrons. The number of carbonyl (C=O) groups excluding carboxylic acids is 2. The van der Waals surface area contributed by atoms with Crippen LogP contribution in [0.3, 0.4) is 0 Å². The van der Waals surface area contributed by atoms with Crippen LogP contribution in [-0.4, -0.2) is 36.4 Å². The Morgan fingerprint density at radius 2 is 1.00 bits per heavy atom. The molecule has 0 radical (unpaired) electrons. The van der Waals surface area contributed by atoms with Crippen molar-refractivity contribution in [2.75, 3.05) is 13.2 Å². The molecule has 0 aromatic heterocycles. The molecule has 0 rings (SSSR count). The van der Waals surface area contributed by atoms with Crippen LogP contribution in [0.1, 0.15) is 142 Å². The summed E-state index contributed by atoms with van der Waals surface area (Å²) in [6.45, 7) is 3.98. The van der Waals surface area contributed by atoms with Crippen LogP contribution in [0, 0.1) is 0 Å². The lowest BCUT2D eigenvalue weighted by Gasteiger charge is -2.15. The number of aliphatic hydroxyl groups is 1. The van der Waals surface area contributed by atoms with Crippen LogP contribution in [0.5, 0.6) is 0 Å². The quantitative estimate of drug-likeness (QED) is 0.0536. The molecule has 42 heavy (non-hydrogen) atoms. The van der Waals surface area contributed by atoms with Crippen LogP contribution in [0.4, 0.5) is 0 Å². The molecule has 0 spiro atoms. The Kier molecular flexibility index (Phi) is 31.2. The highest BCUT2D eigenvalue weighted by molar-refractivity contribution is 5.70. The van der Waals surface area contributed by atoms with Crippen molar-refractivity contribution >= 4 is 11.9 Å². The van der Waals surface area contributed by atoms with Crippen LogP contribution in [0.15, 0.2) is 60.8 Å². The number of rotatable bonds is 29. The molecule has 5 nitrogen and oxygen atoms in total. The van der Waals surface area contributed by atoms with E-state index in [1.54, 1.807) is 0 Å². The monoisotopic (exact) mass is 586 g/mol. The summed E-state index contributed by atoms with van der Waals surface area (Å²) in [5.74, 6) is -0.676. The van der Waals surface area contributed by atoms with Crippen LogP contribution >= 0.6 is 0 Å². The van der Waals surface area contributed by atoms with Gasteiger partial charge in [0.05, 0.1) is 6.61 Å². The zero-order valence-corrected chi connectivity index (χ0v) is 27.0. The smallest absolute Gasteiger partial charge is 0.306 e. The van der Waals surface area contributed by atoms with Gasteiger partial charge in [-0.1, -0.05) is 120 Å². The van der Waals surface area contributed by atoms with E-state index in [1.807, 2.05) is 0 Å². The molecule has 0 fully saturated rings. The zero-order chi connectivity index (χ0) is 30.8. The van der Waals surface area contributed by atoms with Crippen molar-refractivity contribution in [1.82, 2.24) is 0 Å². The third-order valence-electron chi connectivity index (χ3n) is 6.78. The van der Waals surface area contributed by atoms with Gasteiger partial charge in [-0.3, -0.25) is 9.59 Å². The van der Waals surface area contributed by atoms with E-state index in [2.05, 4.69) is 74.6 Å². The van der Waals surface area contributed by atoms with Crippen LogP contribution in [0.25, 0.3) is 0 Å². The van der Waals surface area contributed by atoms with Crippen molar-refractivity contribution in [1.29, 1.82) is 0 Å². The Morgan fingerprint density at radius 1 is 0.548 bits per heavy atom. The van der Waals surface area contributed by atoms with Gasteiger partial charge in [-0.05, 0) is 70.6 Å². The molecule has 0 aliphatic heterocycles. The topological polar surface area (TPSA) is 72.8 Å². The molecular formula is C37H62O5. The van der Waals surface area contributed by atoms with E-state index in [4.69, 9.17) is 9.47 Å². The Hall–Kier alpha value is -2.40. The third-order valence-corrected chi connectivity index (χ3v) is 6.78. The Bertz CT molecular complexity index is 762. The summed E-state index contributed by atoms with van der Waals surface area (Å²) in [6.07, 6.45) is 41.3. The second kappa shape index (κ2) is 33.1. The molecule has 0 heterocycles. The van der Waals surface area contributed by atoms with Gasteiger partial charge in [-0.25, -0.2) is 0 Å². The fourth-order valence-electron chi connectivity index (χ4n) is 4.17. The van der Waals surface area contributed by atoms with Crippen molar-refractivity contribution in [2.24, 2.45) is 0 Å². The first-order valence-corrected chi connectivity index (χ1v) is 16.8. The van der Waals surface area contributed by atoms with Gasteiger partial charge in [0.2, 0.25) is 0 Å². The molecule has 0 aromatic carbocycles. The van der Waals surface area contributed by atoms with E-state index in [-0.39, 0.29) is 25.2 Å². The molecule has 0 saturated carbocycles. The van der Waals surface area contributed by atoms with E-state index in [9.17, 15) is 14.7 Å². The van der Waals surface area contributed by atoms with Crippen molar-refractivity contribution < 1.29 is 24.2 Å². The van der Waals surface area contributed by atoms with Crippen LogP contribution in [-0.2, 0) is 19.1 Å². The molecule has 0 aliphatic carbocycles. The number of hydrogen-bond donors (Lipinski definition) is 1. The minimum Gasteiger partial charge on any atom is -0.462 e. The van der Waals surface area contributed by atoms with Gasteiger partial charge in [-0.2, -0.15) is 0 Å². The molecule has 5 heteroatoms. The van der Waals surface area contributed by atoms with Gasteiger partial charge in [0.15, 0.2) is 6.10 Å². The molecule has 1 unspecified atom stereocenters. The molecule has 0 aliphatic rings. The third kappa shape index (κ3) is 30.6. The first-order chi connectivity index (χ1) is 20.6. The largest absolute Gasteiger partial charge is 0.462 e. The summed E-state index contributed by atoms with van der Waals surface area (Å²) in [5.41, 5.74) is 0. The highest BCUT2D eigenvalue weighted by Crippen LogP contribution is 2.10. The number of hydrogen-bond acceptors (Lipinski definition) is 5. The highest BCUT2D eigenvalue weighted by atomic mass is 16.6. The molecule has 1 N–H and O–H groups in total. The van der Waals surface area contributed by atoms with E-state index in [1.165, 1.54) is 57.8 Å². The Balaban J connectivity index is 3.73. The second-order valence-corrected chi connectivity index (χ2v) is 10.9. The summed E-state index contributed by atoms with van der Waals surface area (Å²) in [5, 5.41) is 9.48. The lowest BCUT2D eigenvalue weighted by molar-refractivity contribution is -0.161. The lowest BCUT2D eigenvalue weighted by atomic mass is 10.1. The number of aliphatic hydroxyl groups excluding tert-OH is 1. The van der Waals surface area contributed by atoms with Gasteiger partial charge >= 0.3 is 11.9 Å². The van der Waals surface area contributed by atoms with Gasteiger partial charge in [0, 0.05) is 12.8 Å². The van der Waals surface area contributed by atoms with Crippen LogP contribution in [0.2, 0.25) is 0 Å². The predicted molar refractivity (Wildman–Crippen MR) is 177 cm³/mol. The highest BCUT2D eigenvalue weighted by Gasteiger charge is 2.15. The van der Waals surface area contributed by atoms with E-state index in [0.29, 0.717) is 19.3 Å². The maximum absolute atomic E-state index is 12.1. The average molecular weight is 587 g/mol. The zero-order valence-electron chi connectivity index (χ0n) is 27.0. The standard InChI is InChI=1S/C37H62O5/c1-3-5-7-9-11-13-15-16-17-18-19-20-22-23-25-27-29-31-36(39)41-34-35(33-38)42-37(40)32-30-28-26-24-21-14-12-10-8-6-4-2/h10-13,16-17,19-20,23,25,35,38H,3-9,14-15,18,21-22,24,26-34H2,1-2H3. The van der Waals surface area contributed by atoms with E-state index < -0.39 is 6.10 Å². The SMILES string of the molecule is CCCCC=CCCCCCCCC(=O)OC(CO)COC(=O)CCCC=CCC=CCC=CCC=CCCCCC. The predicted octanol–water partition coefficient (Wildman–Crippen LogP) is 10.1. The van der Waals surface area contributed by atoms with Gasteiger partial charge in [-0.15, -0.1) is 0 Å². The summed E-state index contributed by atoms with van der Waals surface area (Å²) in [7, 11) is 0.